The molecule has 24 heavy (non-hydrogen) atoms. The highest BCUT2D eigenvalue weighted by Gasteiger charge is 2.45. The molecular formula is C18H30N4O2. The molecule has 1 amide bonds. The summed E-state index contributed by atoms with van der Waals surface area (Å²) < 4.78 is 7.42. The summed E-state index contributed by atoms with van der Waals surface area (Å²) in [7, 11) is 3.69. The first-order chi connectivity index (χ1) is 11.4. The third kappa shape index (κ3) is 3.09. The van der Waals surface area contributed by atoms with Crippen molar-refractivity contribution in [1.82, 2.24) is 19.6 Å². The number of aryl methyl sites for hydroxylation is 2. The Hall–Kier alpha value is -1.40. The van der Waals surface area contributed by atoms with Gasteiger partial charge in [-0.2, -0.15) is 5.10 Å². The summed E-state index contributed by atoms with van der Waals surface area (Å²) in [4.78, 5) is 17.1. The molecule has 3 heterocycles. The number of nitrogens with zero attached hydrogens (tertiary/aromatic N) is 4. The number of ether oxygens (including phenoxy) is 1. The highest BCUT2D eigenvalue weighted by Crippen LogP contribution is 2.35. The van der Waals surface area contributed by atoms with Crippen LogP contribution in [0.3, 0.4) is 0 Å². The second-order valence-corrected chi connectivity index (χ2v) is 7.48. The van der Waals surface area contributed by atoms with Gasteiger partial charge < -0.3 is 9.64 Å². The highest BCUT2D eigenvalue weighted by atomic mass is 16.5. The zero-order chi connectivity index (χ0) is 17.4. The molecule has 134 valence electrons. The van der Waals surface area contributed by atoms with Crippen LogP contribution < -0.4 is 0 Å². The lowest BCUT2D eigenvalue weighted by Crippen LogP contribution is -2.66. The van der Waals surface area contributed by atoms with Crippen molar-refractivity contribution in [3.8, 4) is 0 Å². The number of hydrogen-bond acceptors (Lipinski definition) is 4. The van der Waals surface area contributed by atoms with E-state index in [0.29, 0.717) is 29.8 Å². The molecule has 3 rings (SSSR count). The maximum Gasteiger partial charge on any atom is 0.274 e. The van der Waals surface area contributed by atoms with E-state index in [-0.39, 0.29) is 5.91 Å². The number of carbonyl (C=O) groups is 1. The number of hydrogen-bond donors (Lipinski definition) is 0. The molecule has 2 saturated heterocycles. The minimum absolute atomic E-state index is 0.0646. The van der Waals surface area contributed by atoms with Gasteiger partial charge in [0.05, 0.1) is 6.10 Å². The van der Waals surface area contributed by atoms with Crippen LogP contribution in [-0.4, -0.2) is 70.4 Å². The summed E-state index contributed by atoms with van der Waals surface area (Å²) >= 11 is 0. The molecule has 2 atom stereocenters. The highest BCUT2D eigenvalue weighted by molar-refractivity contribution is 5.92. The van der Waals surface area contributed by atoms with Crippen LogP contribution in [0, 0.1) is 12.8 Å². The molecule has 0 bridgehead atoms. The Bertz CT molecular complexity index is 570. The Morgan fingerprint density at radius 3 is 2.50 bits per heavy atom. The number of likely N-dealkylation sites (tertiary alicyclic amines) is 2. The van der Waals surface area contributed by atoms with Crippen LogP contribution in [-0.2, 0) is 11.8 Å². The van der Waals surface area contributed by atoms with Gasteiger partial charge in [-0.15, -0.1) is 0 Å². The molecule has 2 aliphatic heterocycles. The van der Waals surface area contributed by atoms with Gasteiger partial charge in [0, 0.05) is 51.6 Å². The van der Waals surface area contributed by atoms with Crippen LogP contribution in [0.15, 0.2) is 6.07 Å². The Balaban J connectivity index is 1.60. The predicted molar refractivity (Wildman–Crippen MR) is 93.0 cm³/mol. The second kappa shape index (κ2) is 6.84. The summed E-state index contributed by atoms with van der Waals surface area (Å²) in [6.07, 6.45) is 2.44. The van der Waals surface area contributed by atoms with Crippen LogP contribution in [0.1, 0.15) is 42.9 Å². The molecule has 0 aliphatic carbocycles. The van der Waals surface area contributed by atoms with Crippen molar-refractivity contribution < 1.29 is 9.53 Å². The Morgan fingerprint density at radius 2 is 2.00 bits per heavy atom. The van der Waals surface area contributed by atoms with Crippen molar-refractivity contribution in [3.63, 3.8) is 0 Å². The average molecular weight is 334 g/mol. The van der Waals surface area contributed by atoms with E-state index in [1.54, 1.807) is 4.68 Å². The van der Waals surface area contributed by atoms with Crippen molar-refractivity contribution in [2.24, 2.45) is 13.0 Å². The maximum atomic E-state index is 12.6. The average Bonchev–Trinajstić information content (AvgIpc) is 2.86. The number of carbonyl (C=O) groups excluding carboxylic acids is 1. The predicted octanol–water partition coefficient (Wildman–Crippen LogP) is 1.69. The molecule has 0 aromatic carbocycles. The van der Waals surface area contributed by atoms with E-state index in [1.807, 2.05) is 32.0 Å². The van der Waals surface area contributed by atoms with Crippen molar-refractivity contribution in [3.05, 3.63) is 17.5 Å². The van der Waals surface area contributed by atoms with Crippen LogP contribution in [0.25, 0.3) is 0 Å². The molecule has 0 saturated carbocycles. The molecule has 0 N–H and O–H groups in total. The van der Waals surface area contributed by atoms with Crippen molar-refractivity contribution in [2.45, 2.75) is 51.8 Å². The molecule has 6 nitrogen and oxygen atoms in total. The van der Waals surface area contributed by atoms with Gasteiger partial charge in [-0.05, 0) is 45.6 Å². The topological polar surface area (TPSA) is 50.6 Å². The van der Waals surface area contributed by atoms with E-state index in [4.69, 9.17) is 4.74 Å². The molecule has 0 spiro atoms. The molecule has 2 aliphatic rings. The Kier molecular flexibility index (Phi) is 4.97. The number of aromatic nitrogens is 2. The second-order valence-electron chi connectivity index (χ2n) is 7.48. The number of methoxy groups -OCH3 is 1. The summed E-state index contributed by atoms with van der Waals surface area (Å²) in [6, 6.07) is 2.93. The monoisotopic (exact) mass is 334 g/mol. The summed E-state index contributed by atoms with van der Waals surface area (Å²) in [6.45, 7) is 9.14. The lowest BCUT2D eigenvalue weighted by atomic mass is 9.79. The minimum atomic E-state index is 0.0646. The third-order valence-corrected chi connectivity index (χ3v) is 5.76. The fourth-order valence-corrected chi connectivity index (χ4v) is 4.13. The molecule has 1 aromatic heterocycles. The van der Waals surface area contributed by atoms with Gasteiger partial charge in [0.15, 0.2) is 5.69 Å². The van der Waals surface area contributed by atoms with Gasteiger partial charge in [-0.25, -0.2) is 0 Å². The first-order valence-corrected chi connectivity index (χ1v) is 9.00. The van der Waals surface area contributed by atoms with Crippen LogP contribution in [0.4, 0.5) is 0 Å². The fourth-order valence-electron chi connectivity index (χ4n) is 4.13. The van der Waals surface area contributed by atoms with Gasteiger partial charge in [0.2, 0.25) is 0 Å². The van der Waals surface area contributed by atoms with E-state index in [0.717, 1.165) is 38.2 Å². The molecule has 2 fully saturated rings. The van der Waals surface area contributed by atoms with E-state index >= 15 is 0 Å². The van der Waals surface area contributed by atoms with Crippen LogP contribution in [0.5, 0.6) is 0 Å². The molecule has 1 aromatic rings. The van der Waals surface area contributed by atoms with Gasteiger partial charge in [0.25, 0.3) is 5.91 Å². The first kappa shape index (κ1) is 17.4. The Morgan fingerprint density at radius 1 is 1.33 bits per heavy atom. The van der Waals surface area contributed by atoms with Gasteiger partial charge in [-0.1, -0.05) is 0 Å². The standard InChI is InChI=1S/C18H30N4O2/c1-12(2)22-11-16(24-5)17(22)14-6-8-21(9-7-14)18(23)15-10-13(3)20(4)19-15/h10,12,14,16-17H,6-9,11H2,1-5H3/t16-,17-/m0/s1. The SMILES string of the molecule is CO[C@H]1CN(C(C)C)[C@H]1C1CCN(C(=O)c2cc(C)n(C)n2)CC1. The minimum Gasteiger partial charge on any atom is -0.378 e. The zero-order valence-corrected chi connectivity index (χ0v) is 15.5. The van der Waals surface area contributed by atoms with Gasteiger partial charge in [-0.3, -0.25) is 14.4 Å². The molecule has 0 radical (unpaired) electrons. The summed E-state index contributed by atoms with van der Waals surface area (Å²) in [5, 5.41) is 4.32. The van der Waals surface area contributed by atoms with Crippen molar-refractivity contribution in [1.29, 1.82) is 0 Å². The van der Waals surface area contributed by atoms with Gasteiger partial charge in [0.1, 0.15) is 0 Å². The molecular weight excluding hydrogens is 304 g/mol. The number of rotatable bonds is 4. The third-order valence-electron chi connectivity index (χ3n) is 5.76. The normalized spacial score (nSPS) is 26.0. The first-order valence-electron chi connectivity index (χ1n) is 9.00. The van der Waals surface area contributed by atoms with E-state index < -0.39 is 0 Å². The Labute approximate surface area is 144 Å². The zero-order valence-electron chi connectivity index (χ0n) is 15.5. The van der Waals surface area contributed by atoms with Crippen molar-refractivity contribution >= 4 is 5.91 Å². The number of amides is 1. The molecule has 6 heteroatoms. The fraction of sp³-hybridized carbons (Fsp3) is 0.778. The smallest absolute Gasteiger partial charge is 0.274 e. The summed E-state index contributed by atoms with van der Waals surface area (Å²) in [5.74, 6) is 0.676. The molecule has 0 unspecified atom stereocenters. The van der Waals surface area contributed by atoms with E-state index in [2.05, 4.69) is 23.8 Å². The van der Waals surface area contributed by atoms with Crippen molar-refractivity contribution in [2.75, 3.05) is 26.7 Å². The van der Waals surface area contributed by atoms with E-state index in [1.165, 1.54) is 0 Å². The van der Waals surface area contributed by atoms with E-state index in [9.17, 15) is 4.79 Å². The van der Waals surface area contributed by atoms with Crippen LogP contribution >= 0.6 is 0 Å². The lowest BCUT2D eigenvalue weighted by Gasteiger charge is -2.54. The maximum absolute atomic E-state index is 12.6. The quantitative estimate of drug-likeness (QED) is 0.841. The summed E-state index contributed by atoms with van der Waals surface area (Å²) in [5.41, 5.74) is 1.58. The van der Waals surface area contributed by atoms with Crippen LogP contribution in [0.2, 0.25) is 0 Å². The number of piperidine rings is 1. The van der Waals surface area contributed by atoms with Gasteiger partial charge >= 0.3 is 0 Å². The lowest BCUT2D eigenvalue weighted by molar-refractivity contribution is -0.128. The largest absolute Gasteiger partial charge is 0.378 e.